The lowest BCUT2D eigenvalue weighted by atomic mass is 10.1. The second-order valence-corrected chi connectivity index (χ2v) is 5.68. The van der Waals surface area contributed by atoms with Gasteiger partial charge in [0.25, 0.3) is 5.91 Å². The van der Waals surface area contributed by atoms with Crippen LogP contribution in [-0.4, -0.2) is 45.2 Å². The first kappa shape index (κ1) is 19.6. The normalized spacial score (nSPS) is 10.4. The summed E-state index contributed by atoms with van der Waals surface area (Å²) in [5, 5.41) is 5.77. The summed E-state index contributed by atoms with van der Waals surface area (Å²) in [5.74, 6) is -0.211. The summed E-state index contributed by atoms with van der Waals surface area (Å²) in [4.78, 5) is 26.3. The van der Waals surface area contributed by atoms with Crippen LogP contribution in [0, 0.1) is 0 Å². The fraction of sp³-hybridized carbons (Fsp3) is 0.300. The Morgan fingerprint density at radius 1 is 1.04 bits per heavy atom. The van der Waals surface area contributed by atoms with Gasteiger partial charge in [-0.05, 0) is 43.3 Å². The second-order valence-electron chi connectivity index (χ2n) is 5.68. The summed E-state index contributed by atoms with van der Waals surface area (Å²) < 4.78 is 4.91. The largest absolute Gasteiger partial charge is 0.383 e. The van der Waals surface area contributed by atoms with Crippen molar-refractivity contribution >= 4 is 23.2 Å². The molecule has 0 bridgehead atoms. The molecule has 0 fully saturated rings. The van der Waals surface area contributed by atoms with Crippen LogP contribution in [0.4, 0.5) is 11.4 Å². The fourth-order valence-electron chi connectivity index (χ4n) is 2.48. The molecule has 2 rings (SSSR count). The van der Waals surface area contributed by atoms with Crippen molar-refractivity contribution in [3.05, 3.63) is 60.2 Å². The number of hydrogen-bond donors (Lipinski definition) is 2. The molecule has 138 valence electrons. The van der Waals surface area contributed by atoms with Gasteiger partial charge in [-0.2, -0.15) is 0 Å². The third-order valence-electron chi connectivity index (χ3n) is 3.81. The van der Waals surface area contributed by atoms with E-state index in [0.29, 0.717) is 30.9 Å². The number of amides is 2. The second kappa shape index (κ2) is 10.3. The summed E-state index contributed by atoms with van der Waals surface area (Å²) in [6.45, 7) is 3.90. The molecule has 2 aromatic rings. The molecular formula is C20H25N3O3. The Morgan fingerprint density at radius 2 is 1.73 bits per heavy atom. The molecule has 6 nitrogen and oxygen atoms in total. The van der Waals surface area contributed by atoms with Gasteiger partial charge in [0, 0.05) is 37.1 Å². The molecule has 2 amide bonds. The van der Waals surface area contributed by atoms with Crippen LogP contribution in [0.15, 0.2) is 54.6 Å². The SMILES string of the molecule is CCN(C(=O)c1ccc(NC(=O)CNCCOC)cc1)c1ccccc1. The Hall–Kier alpha value is -2.70. The fourth-order valence-corrected chi connectivity index (χ4v) is 2.48. The maximum absolute atomic E-state index is 12.7. The van der Waals surface area contributed by atoms with E-state index >= 15 is 0 Å². The van der Waals surface area contributed by atoms with E-state index in [2.05, 4.69) is 10.6 Å². The highest BCUT2D eigenvalue weighted by molar-refractivity contribution is 6.06. The van der Waals surface area contributed by atoms with Crippen molar-refractivity contribution in [2.24, 2.45) is 0 Å². The van der Waals surface area contributed by atoms with E-state index in [-0.39, 0.29) is 18.4 Å². The molecule has 6 heteroatoms. The zero-order valence-electron chi connectivity index (χ0n) is 15.2. The quantitative estimate of drug-likeness (QED) is 0.678. The van der Waals surface area contributed by atoms with Crippen molar-refractivity contribution in [1.29, 1.82) is 0 Å². The summed E-state index contributed by atoms with van der Waals surface area (Å²) in [6.07, 6.45) is 0. The van der Waals surface area contributed by atoms with Gasteiger partial charge in [0.05, 0.1) is 13.2 Å². The Morgan fingerprint density at radius 3 is 2.35 bits per heavy atom. The third-order valence-corrected chi connectivity index (χ3v) is 3.81. The molecule has 0 saturated carbocycles. The lowest BCUT2D eigenvalue weighted by molar-refractivity contribution is -0.115. The predicted molar refractivity (Wildman–Crippen MR) is 104 cm³/mol. The first-order chi connectivity index (χ1) is 12.7. The van der Waals surface area contributed by atoms with Gasteiger partial charge < -0.3 is 20.3 Å². The number of hydrogen-bond acceptors (Lipinski definition) is 4. The topological polar surface area (TPSA) is 70.7 Å². The average Bonchev–Trinajstić information content (AvgIpc) is 2.67. The Bertz CT molecular complexity index is 702. The molecule has 0 aliphatic carbocycles. The van der Waals surface area contributed by atoms with E-state index in [1.807, 2.05) is 37.3 Å². The minimum absolute atomic E-state index is 0.0715. The molecule has 0 aromatic heterocycles. The maximum Gasteiger partial charge on any atom is 0.258 e. The number of anilines is 2. The summed E-state index contributed by atoms with van der Waals surface area (Å²) in [7, 11) is 1.61. The van der Waals surface area contributed by atoms with E-state index < -0.39 is 0 Å². The number of para-hydroxylation sites is 1. The van der Waals surface area contributed by atoms with Crippen LogP contribution in [-0.2, 0) is 9.53 Å². The van der Waals surface area contributed by atoms with Crippen LogP contribution >= 0.6 is 0 Å². The van der Waals surface area contributed by atoms with Gasteiger partial charge >= 0.3 is 0 Å². The number of methoxy groups -OCH3 is 1. The van der Waals surface area contributed by atoms with Crippen LogP contribution in [0.5, 0.6) is 0 Å². The van der Waals surface area contributed by atoms with Gasteiger partial charge in [0.15, 0.2) is 0 Å². The number of carbonyl (C=O) groups excluding carboxylic acids is 2. The Labute approximate surface area is 154 Å². The van der Waals surface area contributed by atoms with E-state index in [0.717, 1.165) is 5.69 Å². The molecule has 0 spiro atoms. The van der Waals surface area contributed by atoms with Gasteiger partial charge in [0.2, 0.25) is 5.91 Å². The highest BCUT2D eigenvalue weighted by Gasteiger charge is 2.15. The molecule has 0 heterocycles. The van der Waals surface area contributed by atoms with Gasteiger partial charge in [-0.1, -0.05) is 18.2 Å². The number of rotatable bonds is 9. The van der Waals surface area contributed by atoms with Crippen LogP contribution < -0.4 is 15.5 Å². The highest BCUT2D eigenvalue weighted by atomic mass is 16.5. The van der Waals surface area contributed by atoms with Crippen molar-refractivity contribution in [2.75, 3.05) is 43.6 Å². The zero-order chi connectivity index (χ0) is 18.8. The first-order valence-corrected chi connectivity index (χ1v) is 8.62. The van der Waals surface area contributed by atoms with Crippen molar-refractivity contribution in [1.82, 2.24) is 5.32 Å². The summed E-state index contributed by atoms with van der Waals surface area (Å²) >= 11 is 0. The lowest BCUT2D eigenvalue weighted by Crippen LogP contribution is -2.31. The molecule has 0 aliphatic heterocycles. The van der Waals surface area contributed by atoms with Crippen LogP contribution in [0.1, 0.15) is 17.3 Å². The summed E-state index contributed by atoms with van der Waals surface area (Å²) in [5.41, 5.74) is 2.09. The lowest BCUT2D eigenvalue weighted by Gasteiger charge is -2.21. The third kappa shape index (κ3) is 5.68. The van der Waals surface area contributed by atoms with E-state index in [9.17, 15) is 9.59 Å². The van der Waals surface area contributed by atoms with Crippen LogP contribution in [0.25, 0.3) is 0 Å². The van der Waals surface area contributed by atoms with E-state index in [1.54, 1.807) is 36.3 Å². The standard InChI is InChI=1S/C20H25N3O3/c1-3-23(18-7-5-4-6-8-18)20(25)16-9-11-17(12-10-16)22-19(24)15-21-13-14-26-2/h4-12,21H,3,13-15H2,1-2H3,(H,22,24). The molecule has 0 radical (unpaired) electrons. The van der Waals surface area contributed by atoms with Crippen molar-refractivity contribution < 1.29 is 14.3 Å². The Balaban J connectivity index is 1.95. The van der Waals surface area contributed by atoms with Crippen molar-refractivity contribution in [3.8, 4) is 0 Å². The van der Waals surface area contributed by atoms with E-state index in [4.69, 9.17) is 4.74 Å². The average molecular weight is 355 g/mol. The minimum Gasteiger partial charge on any atom is -0.383 e. The number of carbonyl (C=O) groups is 2. The monoisotopic (exact) mass is 355 g/mol. The van der Waals surface area contributed by atoms with Gasteiger partial charge in [0.1, 0.15) is 0 Å². The van der Waals surface area contributed by atoms with Crippen LogP contribution in [0.2, 0.25) is 0 Å². The molecule has 26 heavy (non-hydrogen) atoms. The van der Waals surface area contributed by atoms with Gasteiger partial charge in [-0.3, -0.25) is 9.59 Å². The first-order valence-electron chi connectivity index (χ1n) is 8.62. The number of nitrogens with one attached hydrogen (secondary N) is 2. The maximum atomic E-state index is 12.7. The van der Waals surface area contributed by atoms with Crippen LogP contribution in [0.3, 0.4) is 0 Å². The molecule has 0 aliphatic rings. The predicted octanol–water partition coefficient (Wildman–Crippen LogP) is 2.53. The Kier molecular flexibility index (Phi) is 7.79. The molecule has 2 N–H and O–H groups in total. The zero-order valence-corrected chi connectivity index (χ0v) is 15.2. The van der Waals surface area contributed by atoms with Crippen molar-refractivity contribution in [2.45, 2.75) is 6.92 Å². The smallest absolute Gasteiger partial charge is 0.258 e. The van der Waals surface area contributed by atoms with Gasteiger partial charge in [-0.15, -0.1) is 0 Å². The minimum atomic E-state index is -0.139. The molecule has 0 saturated heterocycles. The van der Waals surface area contributed by atoms with Gasteiger partial charge in [-0.25, -0.2) is 0 Å². The highest BCUT2D eigenvalue weighted by Crippen LogP contribution is 2.18. The number of nitrogens with zero attached hydrogens (tertiary/aromatic N) is 1. The number of benzene rings is 2. The van der Waals surface area contributed by atoms with Crippen molar-refractivity contribution in [3.63, 3.8) is 0 Å². The molecule has 2 aromatic carbocycles. The number of ether oxygens (including phenoxy) is 1. The molecular weight excluding hydrogens is 330 g/mol. The molecule has 0 atom stereocenters. The molecule has 0 unspecified atom stereocenters. The summed E-state index contributed by atoms with van der Waals surface area (Å²) in [6, 6.07) is 16.5. The van der Waals surface area contributed by atoms with E-state index in [1.165, 1.54) is 0 Å².